The van der Waals surface area contributed by atoms with Gasteiger partial charge in [-0.1, -0.05) is 68.8 Å². The molecule has 0 spiro atoms. The topological polar surface area (TPSA) is 42.0 Å². The smallest absolute Gasteiger partial charge is 0.230 e. The fourth-order valence-electron chi connectivity index (χ4n) is 2.75. The van der Waals surface area contributed by atoms with Crippen molar-refractivity contribution < 1.29 is 4.79 Å². The van der Waals surface area contributed by atoms with Crippen LogP contribution in [-0.4, -0.2) is 10.9 Å². The number of anilines is 1. The zero-order chi connectivity index (χ0) is 18.7. The van der Waals surface area contributed by atoms with E-state index in [1.54, 1.807) is 0 Å². The maximum Gasteiger partial charge on any atom is 0.230 e. The normalized spacial score (nSPS) is 11.4. The molecule has 0 bridgehead atoms. The van der Waals surface area contributed by atoms with E-state index in [-0.39, 0.29) is 17.7 Å². The zero-order valence-corrected chi connectivity index (χ0v) is 16.6. The van der Waals surface area contributed by atoms with Gasteiger partial charge >= 0.3 is 0 Å². The van der Waals surface area contributed by atoms with Crippen LogP contribution in [0.25, 0.3) is 10.6 Å². The molecule has 0 unspecified atom stereocenters. The first-order chi connectivity index (χ1) is 12.3. The Hall–Kier alpha value is -2.17. The van der Waals surface area contributed by atoms with Crippen LogP contribution >= 0.6 is 22.9 Å². The minimum atomic E-state index is -0.0716. The first-order valence-corrected chi connectivity index (χ1v) is 9.69. The number of thiazole rings is 1. The molecular formula is C21H21ClN2OS. The maximum atomic E-state index is 12.5. The van der Waals surface area contributed by atoms with Crippen molar-refractivity contribution in [3.63, 3.8) is 0 Å². The summed E-state index contributed by atoms with van der Waals surface area (Å²) < 4.78 is 0. The third-order valence-corrected chi connectivity index (χ3v) is 5.26. The molecular weight excluding hydrogens is 364 g/mol. The molecule has 3 rings (SSSR count). The molecule has 0 atom stereocenters. The van der Waals surface area contributed by atoms with Crippen LogP contribution in [0.4, 0.5) is 5.69 Å². The largest absolute Gasteiger partial charge is 0.325 e. The molecule has 2 aromatic carbocycles. The summed E-state index contributed by atoms with van der Waals surface area (Å²) in [6.45, 7) is 6.40. The van der Waals surface area contributed by atoms with E-state index in [1.807, 2.05) is 53.9 Å². The van der Waals surface area contributed by atoms with Gasteiger partial charge in [-0.2, -0.15) is 0 Å². The number of carbonyl (C=O) groups excluding carboxylic acids is 1. The number of carbonyl (C=O) groups is 1. The lowest BCUT2D eigenvalue weighted by Crippen LogP contribution is -2.20. The van der Waals surface area contributed by atoms with Crippen molar-refractivity contribution in [3.05, 3.63) is 70.2 Å². The standard InChI is InChI=1S/C21H21ClN2OS/c1-21(2,3)16-9-5-7-11-18(16)24-19(25)12-14-13-26-20(23-14)15-8-4-6-10-17(15)22/h4-11,13H,12H2,1-3H3,(H,24,25). The van der Waals surface area contributed by atoms with Crippen LogP contribution in [0.3, 0.4) is 0 Å². The molecule has 1 heterocycles. The molecule has 26 heavy (non-hydrogen) atoms. The van der Waals surface area contributed by atoms with Gasteiger partial charge in [-0.3, -0.25) is 4.79 Å². The summed E-state index contributed by atoms with van der Waals surface area (Å²) in [6, 6.07) is 15.5. The van der Waals surface area contributed by atoms with E-state index < -0.39 is 0 Å². The van der Waals surface area contributed by atoms with Crippen LogP contribution in [0, 0.1) is 0 Å². The van der Waals surface area contributed by atoms with Gasteiger partial charge in [-0.25, -0.2) is 4.98 Å². The first-order valence-electron chi connectivity index (χ1n) is 8.43. The van der Waals surface area contributed by atoms with Gasteiger partial charge in [0, 0.05) is 16.6 Å². The lowest BCUT2D eigenvalue weighted by Gasteiger charge is -2.22. The van der Waals surface area contributed by atoms with Crippen molar-refractivity contribution in [1.29, 1.82) is 0 Å². The van der Waals surface area contributed by atoms with Gasteiger partial charge in [0.2, 0.25) is 5.91 Å². The van der Waals surface area contributed by atoms with Gasteiger partial charge < -0.3 is 5.32 Å². The average molecular weight is 385 g/mol. The molecule has 0 aliphatic heterocycles. The van der Waals surface area contributed by atoms with E-state index >= 15 is 0 Å². The summed E-state index contributed by atoms with van der Waals surface area (Å²) in [6.07, 6.45) is 0.236. The molecule has 3 aromatic rings. The molecule has 0 aliphatic rings. The number of halogens is 1. The van der Waals surface area contributed by atoms with Crippen LogP contribution in [0.15, 0.2) is 53.9 Å². The summed E-state index contributed by atoms with van der Waals surface area (Å²) in [5, 5.41) is 6.43. The highest BCUT2D eigenvalue weighted by Crippen LogP contribution is 2.31. The molecule has 0 fully saturated rings. The highest BCUT2D eigenvalue weighted by molar-refractivity contribution is 7.13. The maximum absolute atomic E-state index is 12.5. The predicted molar refractivity (Wildman–Crippen MR) is 110 cm³/mol. The Balaban J connectivity index is 1.74. The van der Waals surface area contributed by atoms with Crippen LogP contribution in [0.2, 0.25) is 5.02 Å². The molecule has 1 N–H and O–H groups in total. The Kier molecular flexibility index (Phi) is 5.44. The zero-order valence-electron chi connectivity index (χ0n) is 15.0. The monoisotopic (exact) mass is 384 g/mol. The minimum Gasteiger partial charge on any atom is -0.325 e. The summed E-state index contributed by atoms with van der Waals surface area (Å²) in [5.74, 6) is -0.0716. The number of para-hydroxylation sites is 1. The quantitative estimate of drug-likeness (QED) is 0.604. The number of nitrogens with zero attached hydrogens (tertiary/aromatic N) is 1. The van der Waals surface area contributed by atoms with Crippen molar-refractivity contribution in [2.24, 2.45) is 0 Å². The SMILES string of the molecule is CC(C)(C)c1ccccc1NC(=O)Cc1csc(-c2ccccc2Cl)n1. The van der Waals surface area contributed by atoms with Gasteiger partial charge in [0.15, 0.2) is 0 Å². The second kappa shape index (κ2) is 7.60. The minimum absolute atomic E-state index is 0.0399. The summed E-state index contributed by atoms with van der Waals surface area (Å²) in [5.41, 5.74) is 3.57. The number of nitrogens with one attached hydrogen (secondary N) is 1. The number of amides is 1. The van der Waals surface area contributed by atoms with Crippen LogP contribution in [0.5, 0.6) is 0 Å². The third kappa shape index (κ3) is 4.32. The molecule has 1 amide bonds. The molecule has 0 aliphatic carbocycles. The highest BCUT2D eigenvalue weighted by Gasteiger charge is 2.19. The average Bonchev–Trinajstić information content (AvgIpc) is 3.03. The lowest BCUT2D eigenvalue weighted by molar-refractivity contribution is -0.115. The van der Waals surface area contributed by atoms with Crippen molar-refractivity contribution >= 4 is 34.5 Å². The fourth-order valence-corrected chi connectivity index (χ4v) is 3.89. The second-order valence-corrected chi connectivity index (χ2v) is 8.41. The van der Waals surface area contributed by atoms with Crippen molar-refractivity contribution in [2.45, 2.75) is 32.6 Å². The van der Waals surface area contributed by atoms with Crippen molar-refractivity contribution in [1.82, 2.24) is 4.98 Å². The highest BCUT2D eigenvalue weighted by atomic mass is 35.5. The number of benzene rings is 2. The second-order valence-electron chi connectivity index (χ2n) is 7.14. The van der Waals surface area contributed by atoms with E-state index in [0.29, 0.717) is 5.02 Å². The number of aromatic nitrogens is 1. The summed E-state index contributed by atoms with van der Waals surface area (Å²) in [7, 11) is 0. The number of hydrogen-bond donors (Lipinski definition) is 1. The Labute approximate surface area is 163 Å². The number of hydrogen-bond acceptors (Lipinski definition) is 3. The van der Waals surface area contributed by atoms with E-state index in [9.17, 15) is 4.79 Å². The van der Waals surface area contributed by atoms with Crippen LogP contribution in [0.1, 0.15) is 32.0 Å². The van der Waals surface area contributed by atoms with Crippen molar-refractivity contribution in [2.75, 3.05) is 5.32 Å². The third-order valence-electron chi connectivity index (χ3n) is 4.01. The van der Waals surface area contributed by atoms with Gasteiger partial charge in [0.05, 0.1) is 17.1 Å². The summed E-state index contributed by atoms with van der Waals surface area (Å²) >= 11 is 7.73. The first kappa shape index (κ1) is 18.6. The molecule has 0 saturated heterocycles. The van der Waals surface area contributed by atoms with Crippen LogP contribution in [-0.2, 0) is 16.6 Å². The molecule has 0 radical (unpaired) electrons. The van der Waals surface area contributed by atoms with Gasteiger partial charge in [0.1, 0.15) is 5.01 Å². The van der Waals surface area contributed by atoms with E-state index in [2.05, 4.69) is 31.1 Å². The van der Waals surface area contributed by atoms with E-state index in [1.165, 1.54) is 11.3 Å². The molecule has 1 aromatic heterocycles. The Bertz CT molecular complexity index is 928. The summed E-state index contributed by atoms with van der Waals surface area (Å²) in [4.78, 5) is 17.1. The Morgan fingerprint density at radius 1 is 1.12 bits per heavy atom. The lowest BCUT2D eigenvalue weighted by atomic mass is 9.86. The number of rotatable bonds is 4. The van der Waals surface area contributed by atoms with Crippen LogP contribution < -0.4 is 5.32 Å². The van der Waals surface area contributed by atoms with Gasteiger partial charge in [-0.05, 0) is 23.1 Å². The molecule has 134 valence electrons. The van der Waals surface area contributed by atoms with Crippen molar-refractivity contribution in [3.8, 4) is 10.6 Å². The predicted octanol–water partition coefficient (Wildman–Crippen LogP) is 5.94. The molecule has 5 heteroatoms. The molecule has 0 saturated carbocycles. The van der Waals surface area contributed by atoms with E-state index in [0.717, 1.165) is 27.5 Å². The van der Waals surface area contributed by atoms with E-state index in [4.69, 9.17) is 11.6 Å². The Morgan fingerprint density at radius 3 is 2.54 bits per heavy atom. The van der Waals surface area contributed by atoms with Gasteiger partial charge in [-0.15, -0.1) is 11.3 Å². The molecule has 3 nitrogen and oxygen atoms in total. The van der Waals surface area contributed by atoms with Gasteiger partial charge in [0.25, 0.3) is 0 Å². The Morgan fingerprint density at radius 2 is 1.81 bits per heavy atom. The fraction of sp³-hybridized carbons (Fsp3) is 0.238.